The number of carbonyl (C=O) groups is 3. The van der Waals surface area contributed by atoms with E-state index in [1.54, 1.807) is 35.2 Å². The van der Waals surface area contributed by atoms with Crippen LogP contribution >= 0.6 is 0 Å². The second-order valence-corrected chi connectivity index (χ2v) is 13.5. The van der Waals surface area contributed by atoms with E-state index in [1.165, 1.54) is 6.92 Å². The Morgan fingerprint density at radius 3 is 2.27 bits per heavy atom. The van der Waals surface area contributed by atoms with Gasteiger partial charge < -0.3 is 19.8 Å². The fourth-order valence-electron chi connectivity index (χ4n) is 9.07. The fraction of sp³-hybridized carbons (Fsp3) is 0.606. The summed E-state index contributed by atoms with van der Waals surface area (Å²) in [5.41, 5.74) is -1.21. The van der Waals surface area contributed by atoms with Crippen LogP contribution in [0.5, 0.6) is 0 Å². The lowest BCUT2D eigenvalue weighted by molar-refractivity contribution is -0.362. The van der Waals surface area contributed by atoms with Gasteiger partial charge in [-0.2, -0.15) is 22.0 Å². The van der Waals surface area contributed by atoms with Gasteiger partial charge in [-0.25, -0.2) is 4.79 Å². The molecule has 45 heavy (non-hydrogen) atoms. The van der Waals surface area contributed by atoms with Crippen molar-refractivity contribution in [1.29, 1.82) is 0 Å². The minimum absolute atomic E-state index is 0.00600. The minimum Gasteiger partial charge on any atom is -0.450 e. The van der Waals surface area contributed by atoms with Crippen molar-refractivity contribution in [3.05, 3.63) is 58.2 Å². The summed E-state index contributed by atoms with van der Waals surface area (Å²) >= 11 is 0. The Morgan fingerprint density at radius 2 is 1.64 bits per heavy atom. The number of carboxylic acid groups (broad SMARTS) is 1. The molecule has 5 aliphatic rings. The van der Waals surface area contributed by atoms with Crippen molar-refractivity contribution in [2.75, 3.05) is 13.1 Å². The third kappa shape index (κ3) is 4.98. The Kier molecular flexibility index (Phi) is 7.69. The van der Waals surface area contributed by atoms with E-state index in [9.17, 15) is 32.7 Å². The lowest BCUT2D eigenvalue weighted by Crippen LogP contribution is -2.65. The molecular formula is C33H36F5NO6. The maximum absolute atomic E-state index is 15.2. The van der Waals surface area contributed by atoms with Gasteiger partial charge >= 0.3 is 18.3 Å². The number of halogens is 5. The third-order valence-electron chi connectivity index (χ3n) is 11.3. The molecule has 2 saturated carbocycles. The Labute approximate surface area is 257 Å². The molecule has 1 aromatic rings. The van der Waals surface area contributed by atoms with Crippen LogP contribution in [0.15, 0.2) is 47.1 Å². The van der Waals surface area contributed by atoms with Crippen molar-refractivity contribution in [2.45, 2.75) is 94.4 Å². The molecule has 244 valence electrons. The highest BCUT2D eigenvalue weighted by Crippen LogP contribution is 2.70. The van der Waals surface area contributed by atoms with Crippen LogP contribution < -0.4 is 0 Å². The van der Waals surface area contributed by atoms with E-state index >= 15 is 8.78 Å². The normalized spacial score (nSPS) is 32.4. The molecule has 12 heteroatoms. The molecule has 5 atom stereocenters. The molecular weight excluding hydrogens is 601 g/mol. The first-order chi connectivity index (χ1) is 21.1. The van der Waals surface area contributed by atoms with Crippen LogP contribution in [-0.2, 0) is 9.53 Å². The summed E-state index contributed by atoms with van der Waals surface area (Å²) in [6.45, 7) is 1.99. The monoisotopic (exact) mass is 637 g/mol. The number of hydrogen-bond acceptors (Lipinski definition) is 5. The number of aliphatic hydroxyl groups is 1. The summed E-state index contributed by atoms with van der Waals surface area (Å²) in [5, 5.41) is 20.3. The van der Waals surface area contributed by atoms with Crippen LogP contribution in [0.1, 0.15) is 86.6 Å². The van der Waals surface area contributed by atoms with Crippen LogP contribution in [0.4, 0.5) is 26.7 Å². The largest absolute Gasteiger partial charge is 0.506 e. The predicted octanol–water partition coefficient (Wildman–Crippen LogP) is 6.81. The number of allylic oxidation sites excluding steroid dienone is 4. The molecule has 4 aliphatic carbocycles. The van der Waals surface area contributed by atoms with E-state index in [2.05, 4.69) is 0 Å². The van der Waals surface area contributed by atoms with E-state index in [1.807, 2.05) is 0 Å². The summed E-state index contributed by atoms with van der Waals surface area (Å²) in [6, 6.07) is 6.63. The number of nitrogens with zero attached hydrogens (tertiary/aromatic N) is 1. The van der Waals surface area contributed by atoms with Crippen molar-refractivity contribution in [1.82, 2.24) is 4.90 Å². The molecule has 3 fully saturated rings. The highest BCUT2D eigenvalue weighted by atomic mass is 19.4. The maximum Gasteiger partial charge on any atom is 0.506 e. The number of benzene rings is 1. The van der Waals surface area contributed by atoms with Gasteiger partial charge in [-0.15, -0.1) is 0 Å². The molecule has 1 aromatic carbocycles. The molecule has 1 amide bonds. The number of alkyl halides is 5. The first-order valence-electron chi connectivity index (χ1n) is 15.5. The second kappa shape index (κ2) is 10.9. The lowest BCUT2D eigenvalue weighted by atomic mass is 9.50. The zero-order chi connectivity index (χ0) is 32.5. The van der Waals surface area contributed by atoms with Crippen molar-refractivity contribution >= 4 is 17.8 Å². The summed E-state index contributed by atoms with van der Waals surface area (Å²) in [5.74, 6) is -7.09. The Hall–Kier alpha value is -3.28. The topological polar surface area (TPSA) is 104 Å². The molecule has 1 aliphatic heterocycles. The first kappa shape index (κ1) is 31.7. The number of likely N-dealkylation sites (tertiary alicyclic amines) is 1. The van der Waals surface area contributed by atoms with Crippen LogP contribution in [0, 0.1) is 17.3 Å². The quantitative estimate of drug-likeness (QED) is 0.278. The molecule has 2 N–H and O–H groups in total. The summed E-state index contributed by atoms with van der Waals surface area (Å²) < 4.78 is 76.6. The predicted molar refractivity (Wildman–Crippen MR) is 151 cm³/mol. The molecule has 1 heterocycles. The van der Waals surface area contributed by atoms with Gasteiger partial charge in [0.05, 0.1) is 0 Å². The van der Waals surface area contributed by atoms with E-state index in [0.29, 0.717) is 62.7 Å². The zero-order valence-corrected chi connectivity index (χ0v) is 24.8. The van der Waals surface area contributed by atoms with Crippen molar-refractivity contribution < 1.29 is 51.3 Å². The molecule has 0 spiro atoms. The number of piperidine rings is 1. The average Bonchev–Trinajstić information content (AvgIpc) is 3.27. The fourth-order valence-corrected chi connectivity index (χ4v) is 9.07. The molecule has 0 bridgehead atoms. The van der Waals surface area contributed by atoms with Crippen molar-refractivity contribution in [2.24, 2.45) is 17.3 Å². The Bertz CT molecular complexity index is 1460. The van der Waals surface area contributed by atoms with Gasteiger partial charge in [0, 0.05) is 49.2 Å². The minimum atomic E-state index is -5.92. The standard InChI is InChI=1S/C33H36F5NO6/c1-30-17-25(18-2-4-19(5-3-18)28(41)39-14-11-22(12-15-39)45-29(42)43)27-23-9-7-21(40)16-20(23)6-8-24(27)26(30)10-13-31(30,44)32(34,35)33(36,37)38/h2-5,16,22,24-26,44H,6-15,17H2,1H3,(H,42,43)/t24?,25-,26?,30+,31-/m1/s1. The summed E-state index contributed by atoms with van der Waals surface area (Å²) in [4.78, 5) is 37.9. The second-order valence-electron chi connectivity index (χ2n) is 13.5. The smallest absolute Gasteiger partial charge is 0.450 e. The van der Waals surface area contributed by atoms with E-state index < -0.39 is 53.6 Å². The third-order valence-corrected chi connectivity index (χ3v) is 11.3. The van der Waals surface area contributed by atoms with Crippen LogP contribution in [0.25, 0.3) is 0 Å². The molecule has 0 aromatic heterocycles. The SMILES string of the molecule is C[C@]12C[C@H](c3ccc(C(=O)N4CCC(OC(=O)O)CC4)cc3)C3=C4CCC(=O)C=C4CCC3C1CC[C@]2(O)C(F)(F)C(F)(F)F. The highest BCUT2D eigenvalue weighted by Gasteiger charge is 2.79. The number of rotatable bonds is 4. The van der Waals surface area contributed by atoms with Gasteiger partial charge in [-0.05, 0) is 85.3 Å². The van der Waals surface area contributed by atoms with Crippen LogP contribution in [-0.4, -0.2) is 69.9 Å². The highest BCUT2D eigenvalue weighted by molar-refractivity contribution is 5.94. The number of amides is 1. The van der Waals surface area contributed by atoms with Crippen LogP contribution in [0.2, 0.25) is 0 Å². The molecule has 7 nitrogen and oxygen atoms in total. The summed E-state index contributed by atoms with van der Waals surface area (Å²) in [6.07, 6.45) is -4.43. The number of fused-ring (bicyclic) bond motifs is 4. The van der Waals surface area contributed by atoms with Gasteiger partial charge in [0.25, 0.3) is 5.91 Å². The molecule has 2 unspecified atom stereocenters. The first-order valence-corrected chi connectivity index (χ1v) is 15.5. The number of ether oxygens (including phenoxy) is 1. The van der Waals surface area contributed by atoms with Crippen molar-refractivity contribution in [3.63, 3.8) is 0 Å². The summed E-state index contributed by atoms with van der Waals surface area (Å²) in [7, 11) is 0. The number of hydrogen-bond donors (Lipinski definition) is 2. The number of ketones is 1. The van der Waals surface area contributed by atoms with Gasteiger partial charge in [-0.3, -0.25) is 9.59 Å². The van der Waals surface area contributed by atoms with Crippen LogP contribution in [0.3, 0.4) is 0 Å². The Balaban J connectivity index is 1.35. The van der Waals surface area contributed by atoms with E-state index in [4.69, 9.17) is 9.84 Å². The lowest BCUT2D eigenvalue weighted by Gasteiger charge is -2.56. The van der Waals surface area contributed by atoms with Gasteiger partial charge in [0.1, 0.15) is 11.7 Å². The molecule has 0 radical (unpaired) electrons. The van der Waals surface area contributed by atoms with Gasteiger partial charge in [0.2, 0.25) is 0 Å². The van der Waals surface area contributed by atoms with E-state index in [-0.39, 0.29) is 30.4 Å². The molecule has 6 rings (SSSR count). The van der Waals surface area contributed by atoms with Gasteiger partial charge in [0.15, 0.2) is 5.78 Å². The zero-order valence-electron chi connectivity index (χ0n) is 24.8. The maximum atomic E-state index is 15.2. The Morgan fingerprint density at radius 1 is 0.978 bits per heavy atom. The van der Waals surface area contributed by atoms with Crippen molar-refractivity contribution in [3.8, 4) is 0 Å². The van der Waals surface area contributed by atoms with Gasteiger partial charge in [-0.1, -0.05) is 24.6 Å². The average molecular weight is 638 g/mol. The molecule has 1 saturated heterocycles. The number of carbonyl (C=O) groups excluding carboxylic acids is 2. The van der Waals surface area contributed by atoms with E-state index in [0.717, 1.165) is 16.7 Å².